The number of rotatable bonds is 6. The van der Waals surface area contributed by atoms with Crippen LogP contribution in [0.5, 0.6) is 0 Å². The van der Waals surface area contributed by atoms with Gasteiger partial charge in [0.15, 0.2) is 0 Å². The van der Waals surface area contributed by atoms with Gasteiger partial charge in [0, 0.05) is 44.7 Å². The number of benzene rings is 1. The van der Waals surface area contributed by atoms with Crippen LogP contribution in [0.1, 0.15) is 36.5 Å². The fourth-order valence-corrected chi connectivity index (χ4v) is 6.43. The van der Waals surface area contributed by atoms with Gasteiger partial charge in [0.05, 0.1) is 10.6 Å². The molecule has 2 atom stereocenters. The molecule has 2 aliphatic rings. The largest absolute Gasteiger partial charge is 0.349 e. The maximum absolute atomic E-state index is 13.0. The van der Waals surface area contributed by atoms with Crippen molar-refractivity contribution in [3.8, 4) is 0 Å². The maximum Gasteiger partial charge on any atom is 0.302 e. The average Bonchev–Trinajstić information content (AvgIpc) is 3.13. The molecule has 1 saturated carbocycles. The molecular formula is C19H26FN3O6S2. The number of amides is 2. The number of nitrogens with one attached hydrogen (secondary N) is 1. The Morgan fingerprint density at radius 1 is 1.10 bits per heavy atom. The van der Waals surface area contributed by atoms with Gasteiger partial charge in [-0.05, 0) is 43.4 Å². The molecule has 0 aromatic heterocycles. The van der Waals surface area contributed by atoms with E-state index in [0.29, 0.717) is 32.4 Å². The Bertz CT molecular complexity index is 1050. The smallest absolute Gasteiger partial charge is 0.302 e. The minimum atomic E-state index is -4.56. The van der Waals surface area contributed by atoms with Crippen molar-refractivity contribution in [2.45, 2.75) is 37.1 Å². The topological polar surface area (TPSA) is 121 Å². The summed E-state index contributed by atoms with van der Waals surface area (Å²) in [7, 11) is -8.37. The summed E-state index contributed by atoms with van der Waals surface area (Å²) in [4.78, 5) is 25.6. The highest BCUT2D eigenvalue weighted by atomic mass is 32.3. The quantitative estimate of drug-likeness (QED) is 0.606. The minimum Gasteiger partial charge on any atom is -0.349 e. The van der Waals surface area contributed by atoms with Crippen molar-refractivity contribution in [3.63, 3.8) is 0 Å². The molecule has 172 valence electrons. The first-order chi connectivity index (χ1) is 14.5. The Balaban J connectivity index is 1.64. The molecule has 1 aromatic carbocycles. The fraction of sp³-hybridized carbons (Fsp3) is 0.579. The normalized spacial score (nSPS) is 23.0. The monoisotopic (exact) mass is 475 g/mol. The lowest BCUT2D eigenvalue weighted by Gasteiger charge is -2.33. The second-order valence-corrected chi connectivity index (χ2v) is 11.3. The highest BCUT2D eigenvalue weighted by Crippen LogP contribution is 2.27. The summed E-state index contributed by atoms with van der Waals surface area (Å²) in [5, 5.41) is 2.78. The Kier molecular flexibility index (Phi) is 7.01. The second-order valence-electron chi connectivity index (χ2n) is 7.99. The molecule has 2 fully saturated rings. The summed E-state index contributed by atoms with van der Waals surface area (Å²) in [5.74, 6) is -1.47. The van der Waals surface area contributed by atoms with Crippen LogP contribution >= 0.6 is 0 Å². The van der Waals surface area contributed by atoms with E-state index in [1.807, 2.05) is 0 Å². The van der Waals surface area contributed by atoms with Crippen LogP contribution in [0, 0.1) is 5.92 Å². The number of carbonyl (C=O) groups excluding carboxylic acids is 2. The van der Waals surface area contributed by atoms with Crippen molar-refractivity contribution >= 4 is 32.1 Å². The summed E-state index contributed by atoms with van der Waals surface area (Å²) in [5.41, 5.74) is 0.171. The molecule has 1 aliphatic carbocycles. The second kappa shape index (κ2) is 9.21. The van der Waals surface area contributed by atoms with Crippen LogP contribution in [0.4, 0.5) is 3.89 Å². The summed E-state index contributed by atoms with van der Waals surface area (Å²) < 4.78 is 61.7. The van der Waals surface area contributed by atoms with Crippen molar-refractivity contribution < 1.29 is 30.3 Å². The number of nitrogens with zero attached hydrogens (tertiary/aromatic N) is 2. The first-order valence-electron chi connectivity index (χ1n) is 10.0. The summed E-state index contributed by atoms with van der Waals surface area (Å²) >= 11 is 0. The molecule has 1 aromatic rings. The van der Waals surface area contributed by atoms with Crippen LogP contribution in [0.15, 0.2) is 29.2 Å². The van der Waals surface area contributed by atoms with Crippen LogP contribution in [0.2, 0.25) is 0 Å². The highest BCUT2D eigenvalue weighted by molar-refractivity contribution is 7.89. The molecule has 9 nitrogen and oxygen atoms in total. The molecule has 1 aliphatic heterocycles. The molecule has 0 bridgehead atoms. The van der Waals surface area contributed by atoms with Gasteiger partial charge >= 0.3 is 10.2 Å². The van der Waals surface area contributed by atoms with Gasteiger partial charge in [-0.15, -0.1) is 3.89 Å². The van der Waals surface area contributed by atoms with E-state index in [2.05, 4.69) is 5.32 Å². The lowest BCUT2D eigenvalue weighted by atomic mass is 10.1. The van der Waals surface area contributed by atoms with E-state index in [-0.39, 0.29) is 41.4 Å². The predicted octanol–water partition coefficient (Wildman–Crippen LogP) is 0.737. The van der Waals surface area contributed by atoms with Crippen molar-refractivity contribution in [1.29, 1.82) is 0 Å². The molecule has 0 unspecified atom stereocenters. The van der Waals surface area contributed by atoms with Gasteiger partial charge in [-0.2, -0.15) is 12.7 Å². The Labute approximate surface area is 181 Å². The molecular weight excluding hydrogens is 449 g/mol. The first kappa shape index (κ1) is 23.6. The average molecular weight is 476 g/mol. The Morgan fingerprint density at radius 2 is 1.77 bits per heavy atom. The van der Waals surface area contributed by atoms with E-state index < -0.39 is 31.9 Å². The number of halogens is 1. The van der Waals surface area contributed by atoms with E-state index in [4.69, 9.17) is 0 Å². The third-order valence-corrected chi connectivity index (χ3v) is 8.49. The zero-order valence-corrected chi connectivity index (χ0v) is 18.8. The van der Waals surface area contributed by atoms with Crippen LogP contribution in [0.3, 0.4) is 0 Å². The van der Waals surface area contributed by atoms with E-state index in [1.54, 1.807) is 4.90 Å². The summed E-state index contributed by atoms with van der Waals surface area (Å²) in [6, 6.07) is 5.42. The molecule has 0 radical (unpaired) electrons. The van der Waals surface area contributed by atoms with Gasteiger partial charge in [-0.1, -0.05) is 6.07 Å². The number of sulfonamides is 1. The lowest BCUT2D eigenvalue weighted by Crippen LogP contribution is -2.49. The molecule has 1 N–H and O–H groups in total. The molecule has 0 spiro atoms. The zero-order chi connectivity index (χ0) is 22.8. The van der Waals surface area contributed by atoms with Gasteiger partial charge in [0.2, 0.25) is 15.9 Å². The van der Waals surface area contributed by atoms with Crippen LogP contribution in [0.25, 0.3) is 0 Å². The molecule has 1 saturated heterocycles. The van der Waals surface area contributed by atoms with Crippen molar-refractivity contribution in [2.75, 3.05) is 31.9 Å². The zero-order valence-electron chi connectivity index (χ0n) is 17.2. The third kappa shape index (κ3) is 6.01. The Hall–Kier alpha value is -2.05. The SMILES string of the molecule is CC(=O)N1CCN(S(=O)(=O)c2cccc(C(=O)N[C@@H]3CC[C@H](CS(=O)(=O)F)C3)c2)CC1. The number of hydrogen-bond acceptors (Lipinski definition) is 6. The molecule has 31 heavy (non-hydrogen) atoms. The van der Waals surface area contributed by atoms with Gasteiger partial charge in [0.1, 0.15) is 0 Å². The van der Waals surface area contributed by atoms with Crippen molar-refractivity contribution in [2.24, 2.45) is 5.92 Å². The van der Waals surface area contributed by atoms with Gasteiger partial charge < -0.3 is 10.2 Å². The van der Waals surface area contributed by atoms with E-state index in [1.165, 1.54) is 35.5 Å². The molecule has 3 rings (SSSR count). The first-order valence-corrected chi connectivity index (χ1v) is 13.0. The van der Waals surface area contributed by atoms with Crippen molar-refractivity contribution in [1.82, 2.24) is 14.5 Å². The minimum absolute atomic E-state index is 0.00996. The van der Waals surface area contributed by atoms with Crippen LogP contribution in [-0.2, 0) is 25.0 Å². The fourth-order valence-electron chi connectivity index (χ4n) is 4.10. The van der Waals surface area contributed by atoms with Crippen LogP contribution < -0.4 is 5.32 Å². The number of carbonyl (C=O) groups is 2. The predicted molar refractivity (Wildman–Crippen MR) is 111 cm³/mol. The van der Waals surface area contributed by atoms with E-state index in [9.17, 15) is 30.3 Å². The maximum atomic E-state index is 13.0. The summed E-state index contributed by atoms with van der Waals surface area (Å²) in [6.07, 6.45) is 1.38. The van der Waals surface area contributed by atoms with Gasteiger partial charge in [-0.3, -0.25) is 9.59 Å². The number of hydrogen-bond donors (Lipinski definition) is 1. The van der Waals surface area contributed by atoms with Gasteiger partial charge in [0.25, 0.3) is 5.91 Å². The molecule has 1 heterocycles. The van der Waals surface area contributed by atoms with Gasteiger partial charge in [-0.25, -0.2) is 8.42 Å². The lowest BCUT2D eigenvalue weighted by molar-refractivity contribution is -0.129. The summed E-state index contributed by atoms with van der Waals surface area (Å²) in [6.45, 7) is 2.42. The molecule has 2 amide bonds. The highest BCUT2D eigenvalue weighted by Gasteiger charge is 2.31. The molecule has 12 heteroatoms. The van der Waals surface area contributed by atoms with E-state index in [0.717, 1.165) is 0 Å². The standard InChI is InChI=1S/C19H26FN3O6S2/c1-14(24)22-7-9-23(10-8-22)31(28,29)18-4-2-3-16(12-18)19(25)21-17-6-5-15(11-17)13-30(20,26)27/h2-4,12,15,17H,5-11,13H2,1H3,(H,21,25)/t15-,17+/m0/s1. The van der Waals surface area contributed by atoms with Crippen molar-refractivity contribution in [3.05, 3.63) is 29.8 Å². The third-order valence-electron chi connectivity index (χ3n) is 5.73. The number of piperazine rings is 1. The van der Waals surface area contributed by atoms with E-state index >= 15 is 0 Å². The van der Waals surface area contributed by atoms with Crippen LogP contribution in [-0.4, -0.2) is 75.8 Å². The Morgan fingerprint density at radius 3 is 2.39 bits per heavy atom.